The molecular formula is C16H20N4O4. The van der Waals surface area contributed by atoms with Crippen molar-refractivity contribution in [2.75, 3.05) is 20.3 Å². The first-order valence-electron chi connectivity index (χ1n) is 7.53. The summed E-state index contributed by atoms with van der Waals surface area (Å²) in [5.74, 6) is -0.927. The molecule has 0 saturated heterocycles. The summed E-state index contributed by atoms with van der Waals surface area (Å²) in [6.07, 6.45) is 2.26. The van der Waals surface area contributed by atoms with Crippen molar-refractivity contribution in [1.29, 1.82) is 0 Å². The minimum absolute atomic E-state index is 0.248. The van der Waals surface area contributed by atoms with E-state index in [-0.39, 0.29) is 5.69 Å². The third-order valence-electron chi connectivity index (χ3n) is 3.49. The zero-order chi connectivity index (χ0) is 17.5. The van der Waals surface area contributed by atoms with Gasteiger partial charge < -0.3 is 15.2 Å². The highest BCUT2D eigenvalue weighted by atomic mass is 16.5. The van der Waals surface area contributed by atoms with E-state index in [1.54, 1.807) is 17.8 Å². The van der Waals surface area contributed by atoms with Gasteiger partial charge in [0.25, 0.3) is 0 Å². The molecule has 2 aromatic heterocycles. The van der Waals surface area contributed by atoms with Crippen molar-refractivity contribution < 1.29 is 19.4 Å². The summed E-state index contributed by atoms with van der Waals surface area (Å²) in [5.41, 5.74) is 2.39. The molecule has 2 heterocycles. The normalized spacial score (nSPS) is 10.5. The Morgan fingerprint density at radius 2 is 2.17 bits per heavy atom. The first-order valence-corrected chi connectivity index (χ1v) is 7.53. The van der Waals surface area contributed by atoms with Crippen molar-refractivity contribution in [1.82, 2.24) is 20.1 Å². The number of carbonyl (C=O) groups excluding carboxylic acids is 2. The lowest BCUT2D eigenvalue weighted by Gasteiger charge is -2.08. The van der Waals surface area contributed by atoms with Gasteiger partial charge >= 0.3 is 5.97 Å². The molecule has 2 rings (SSSR count). The van der Waals surface area contributed by atoms with Crippen molar-refractivity contribution >= 4 is 11.9 Å². The molecule has 2 aromatic rings. The second-order valence-electron chi connectivity index (χ2n) is 5.11. The molecule has 0 aromatic carbocycles. The zero-order valence-corrected chi connectivity index (χ0v) is 13.7. The number of esters is 1. The highest BCUT2D eigenvalue weighted by Gasteiger charge is 2.22. The number of amides is 1. The third kappa shape index (κ3) is 3.96. The third-order valence-corrected chi connectivity index (χ3v) is 3.49. The molecule has 0 aliphatic carbocycles. The molecular weight excluding hydrogens is 312 g/mol. The number of methoxy groups -OCH3 is 1. The molecule has 0 radical (unpaired) electrons. The second kappa shape index (κ2) is 8.21. The molecule has 128 valence electrons. The molecule has 0 aliphatic rings. The van der Waals surface area contributed by atoms with Gasteiger partial charge in [0, 0.05) is 24.8 Å². The quantitative estimate of drug-likeness (QED) is 0.566. The number of ether oxygens (including phenoxy) is 1. The number of aromatic nitrogens is 3. The number of aryl methyl sites for hydroxylation is 1. The molecule has 0 unspecified atom stereocenters. The average Bonchev–Trinajstić information content (AvgIpc) is 2.94. The maximum Gasteiger partial charge on any atom is 0.358 e. The number of aliphatic hydroxyl groups is 1. The van der Waals surface area contributed by atoms with Crippen LogP contribution in [0.4, 0.5) is 0 Å². The number of hydrogen-bond donors (Lipinski definition) is 2. The number of pyridine rings is 1. The Balaban J connectivity index is 2.25. The lowest BCUT2D eigenvalue weighted by Crippen LogP contribution is -2.27. The van der Waals surface area contributed by atoms with Gasteiger partial charge in [0.2, 0.25) is 5.91 Å². The van der Waals surface area contributed by atoms with E-state index in [9.17, 15) is 9.59 Å². The van der Waals surface area contributed by atoms with E-state index in [4.69, 9.17) is 9.84 Å². The van der Waals surface area contributed by atoms with Crippen LogP contribution < -0.4 is 5.32 Å². The Morgan fingerprint density at radius 1 is 1.38 bits per heavy atom. The minimum atomic E-state index is -0.535. The monoisotopic (exact) mass is 332 g/mol. The minimum Gasteiger partial charge on any atom is -0.464 e. The Labute approximate surface area is 139 Å². The van der Waals surface area contributed by atoms with Crippen molar-refractivity contribution in [2.24, 2.45) is 0 Å². The van der Waals surface area contributed by atoms with Crippen molar-refractivity contribution in [2.45, 2.75) is 19.9 Å². The molecule has 8 heteroatoms. The van der Waals surface area contributed by atoms with Gasteiger partial charge in [0.15, 0.2) is 5.69 Å². The number of aliphatic hydroxyl groups excluding tert-OH is 1. The Kier molecular flexibility index (Phi) is 6.02. The largest absolute Gasteiger partial charge is 0.464 e. The first-order chi connectivity index (χ1) is 11.6. The van der Waals surface area contributed by atoms with E-state index < -0.39 is 18.5 Å². The summed E-state index contributed by atoms with van der Waals surface area (Å²) in [7, 11) is 1.31. The van der Waals surface area contributed by atoms with E-state index in [0.29, 0.717) is 30.8 Å². The van der Waals surface area contributed by atoms with Gasteiger partial charge in [-0.3, -0.25) is 14.5 Å². The molecule has 0 spiro atoms. The average molecular weight is 332 g/mol. The molecule has 0 bridgehead atoms. The van der Waals surface area contributed by atoms with Gasteiger partial charge in [-0.05, 0) is 25.5 Å². The smallest absolute Gasteiger partial charge is 0.358 e. The van der Waals surface area contributed by atoms with E-state index in [1.807, 2.05) is 18.2 Å². The maximum atomic E-state index is 11.9. The standard InChI is InChI=1S/C16H20N4O4/c1-11-14(16(23)24-2)19-20(9-5-8-18-13(22)10-21)15(11)12-6-3-4-7-17-12/h3-4,6-7,21H,5,8-10H2,1-2H3,(H,18,22). The van der Waals surface area contributed by atoms with Crippen LogP contribution in [0, 0.1) is 6.92 Å². The predicted molar refractivity (Wildman–Crippen MR) is 86.2 cm³/mol. The summed E-state index contributed by atoms with van der Waals surface area (Å²) in [6, 6.07) is 5.51. The number of carbonyl (C=O) groups is 2. The zero-order valence-electron chi connectivity index (χ0n) is 13.7. The van der Waals surface area contributed by atoms with Crippen LogP contribution in [0.1, 0.15) is 22.5 Å². The fraction of sp³-hybridized carbons (Fsp3) is 0.375. The number of rotatable bonds is 7. The SMILES string of the molecule is COC(=O)c1nn(CCCNC(=O)CO)c(-c2ccccn2)c1C. The number of nitrogens with zero attached hydrogens (tertiary/aromatic N) is 3. The van der Waals surface area contributed by atoms with Crippen molar-refractivity contribution in [3.63, 3.8) is 0 Å². The lowest BCUT2D eigenvalue weighted by atomic mass is 10.1. The predicted octanol–water partition coefficient (Wildman–Crippen LogP) is 0.539. The topological polar surface area (TPSA) is 106 Å². The van der Waals surface area contributed by atoms with Gasteiger partial charge in [0.05, 0.1) is 18.5 Å². The van der Waals surface area contributed by atoms with Gasteiger partial charge in [0.1, 0.15) is 6.61 Å². The first kappa shape index (κ1) is 17.6. The Morgan fingerprint density at radius 3 is 2.79 bits per heavy atom. The number of hydrogen-bond acceptors (Lipinski definition) is 6. The van der Waals surface area contributed by atoms with Crippen molar-refractivity contribution in [3.05, 3.63) is 35.7 Å². The van der Waals surface area contributed by atoms with Crippen LogP contribution in [0.5, 0.6) is 0 Å². The lowest BCUT2D eigenvalue weighted by molar-refractivity contribution is -0.123. The van der Waals surface area contributed by atoms with Crippen LogP contribution in [0.3, 0.4) is 0 Å². The molecule has 0 aliphatic heterocycles. The van der Waals surface area contributed by atoms with Gasteiger partial charge in [-0.1, -0.05) is 6.07 Å². The van der Waals surface area contributed by atoms with Gasteiger partial charge in [-0.2, -0.15) is 5.10 Å². The van der Waals surface area contributed by atoms with Gasteiger partial charge in [-0.15, -0.1) is 0 Å². The molecule has 1 amide bonds. The molecule has 24 heavy (non-hydrogen) atoms. The molecule has 0 fully saturated rings. The summed E-state index contributed by atoms with van der Waals surface area (Å²) >= 11 is 0. The highest BCUT2D eigenvalue weighted by molar-refractivity contribution is 5.90. The van der Waals surface area contributed by atoms with Crippen LogP contribution >= 0.6 is 0 Å². The van der Waals surface area contributed by atoms with Crippen LogP contribution in [0.15, 0.2) is 24.4 Å². The maximum absolute atomic E-state index is 11.9. The van der Waals surface area contributed by atoms with E-state index in [1.165, 1.54) is 7.11 Å². The molecule has 2 N–H and O–H groups in total. The molecule has 8 nitrogen and oxygen atoms in total. The summed E-state index contributed by atoms with van der Waals surface area (Å²) in [6.45, 7) is 2.14. The molecule has 0 saturated carbocycles. The highest BCUT2D eigenvalue weighted by Crippen LogP contribution is 2.24. The molecule has 0 atom stereocenters. The van der Waals surface area contributed by atoms with Crippen LogP contribution in [-0.4, -0.2) is 52.0 Å². The Hall–Kier alpha value is -2.74. The fourth-order valence-corrected chi connectivity index (χ4v) is 2.34. The number of nitrogens with one attached hydrogen (secondary N) is 1. The van der Waals surface area contributed by atoms with E-state index in [2.05, 4.69) is 15.4 Å². The Bertz CT molecular complexity index is 712. The van der Waals surface area contributed by atoms with Crippen LogP contribution in [0.25, 0.3) is 11.4 Å². The summed E-state index contributed by atoms with van der Waals surface area (Å²) in [4.78, 5) is 27.3. The van der Waals surface area contributed by atoms with E-state index >= 15 is 0 Å². The van der Waals surface area contributed by atoms with Crippen LogP contribution in [-0.2, 0) is 16.1 Å². The fourth-order valence-electron chi connectivity index (χ4n) is 2.34. The summed E-state index contributed by atoms with van der Waals surface area (Å²) < 4.78 is 6.46. The van der Waals surface area contributed by atoms with E-state index in [0.717, 1.165) is 5.69 Å². The summed E-state index contributed by atoms with van der Waals surface area (Å²) in [5, 5.41) is 15.6. The van der Waals surface area contributed by atoms with Crippen LogP contribution in [0.2, 0.25) is 0 Å². The van der Waals surface area contributed by atoms with Crippen molar-refractivity contribution in [3.8, 4) is 11.4 Å². The second-order valence-corrected chi connectivity index (χ2v) is 5.11. The van der Waals surface area contributed by atoms with Gasteiger partial charge in [-0.25, -0.2) is 4.79 Å².